The Labute approximate surface area is 166 Å². The Morgan fingerprint density at radius 2 is 2.11 bits per heavy atom. The van der Waals surface area contributed by atoms with Gasteiger partial charge in [0.15, 0.2) is 0 Å². The molecular weight excluding hydrogens is 394 g/mol. The molecule has 0 bridgehead atoms. The molecule has 0 aliphatic rings. The molecule has 2 rings (SSSR count). The van der Waals surface area contributed by atoms with Gasteiger partial charge < -0.3 is 9.88 Å². The number of amides is 1. The molecule has 0 aliphatic carbocycles. The fourth-order valence-corrected chi connectivity index (χ4v) is 3.05. The van der Waals surface area contributed by atoms with Gasteiger partial charge >= 0.3 is 6.18 Å². The first kappa shape index (κ1) is 22.3. The van der Waals surface area contributed by atoms with E-state index in [-0.39, 0.29) is 12.4 Å². The quantitative estimate of drug-likeness (QED) is 0.473. The minimum absolute atomic E-state index is 0.0161. The highest BCUT2D eigenvalue weighted by Gasteiger charge is 2.33. The standard InChI is InChI=1S/C19H23F4N3OS/c1-2-3-7-17-24-10-15(11-25-18(27)16(28)9-19(21,22)23)26(17)12-13-5-4-6-14(20)8-13/h4-6,8,10,16,28H,2-3,7,9,11-12H2,1H3,(H,25,27). The number of imidazole rings is 1. The van der Waals surface area contributed by atoms with Crippen molar-refractivity contribution in [2.75, 3.05) is 0 Å². The molecule has 1 heterocycles. The normalized spacial score (nSPS) is 12.8. The van der Waals surface area contributed by atoms with Gasteiger partial charge in [-0.15, -0.1) is 0 Å². The molecule has 0 spiro atoms. The third-order valence-electron chi connectivity index (χ3n) is 4.18. The van der Waals surface area contributed by atoms with E-state index < -0.39 is 23.8 Å². The lowest BCUT2D eigenvalue weighted by atomic mass is 10.2. The summed E-state index contributed by atoms with van der Waals surface area (Å²) in [5.74, 6) is -0.366. The van der Waals surface area contributed by atoms with Gasteiger partial charge in [-0.25, -0.2) is 9.37 Å². The van der Waals surface area contributed by atoms with Crippen LogP contribution in [0.25, 0.3) is 0 Å². The second-order valence-corrected chi connectivity index (χ2v) is 7.16. The lowest BCUT2D eigenvalue weighted by Gasteiger charge is -2.15. The average molecular weight is 417 g/mol. The number of carbonyl (C=O) groups excluding carboxylic acids is 1. The molecule has 1 N–H and O–H groups in total. The van der Waals surface area contributed by atoms with Crippen LogP contribution in [-0.4, -0.2) is 26.9 Å². The summed E-state index contributed by atoms with van der Waals surface area (Å²) in [6.45, 7) is 2.42. The summed E-state index contributed by atoms with van der Waals surface area (Å²) in [5.41, 5.74) is 1.36. The van der Waals surface area contributed by atoms with Gasteiger partial charge in [0, 0.05) is 13.0 Å². The van der Waals surface area contributed by atoms with Crippen LogP contribution >= 0.6 is 12.6 Å². The zero-order valence-corrected chi connectivity index (χ0v) is 16.4. The average Bonchev–Trinajstić information content (AvgIpc) is 2.98. The van der Waals surface area contributed by atoms with Crippen molar-refractivity contribution in [3.8, 4) is 0 Å². The zero-order chi connectivity index (χ0) is 20.7. The molecule has 1 amide bonds. The number of halogens is 4. The molecule has 1 unspecified atom stereocenters. The number of alkyl halides is 3. The molecule has 0 radical (unpaired) electrons. The van der Waals surface area contributed by atoms with Crippen molar-refractivity contribution in [1.29, 1.82) is 0 Å². The van der Waals surface area contributed by atoms with E-state index in [1.165, 1.54) is 12.1 Å². The number of aryl methyl sites for hydroxylation is 1. The minimum Gasteiger partial charge on any atom is -0.350 e. The Hall–Kier alpha value is -2.03. The molecule has 0 aliphatic heterocycles. The SMILES string of the molecule is CCCCc1ncc(CNC(=O)C(S)CC(F)(F)F)n1Cc1cccc(F)c1. The summed E-state index contributed by atoms with van der Waals surface area (Å²) in [5, 5.41) is 1.01. The third-order valence-corrected chi connectivity index (χ3v) is 4.59. The summed E-state index contributed by atoms with van der Waals surface area (Å²) >= 11 is 3.74. The summed E-state index contributed by atoms with van der Waals surface area (Å²) in [6, 6.07) is 6.16. The summed E-state index contributed by atoms with van der Waals surface area (Å²) in [6.07, 6.45) is -1.58. The summed E-state index contributed by atoms with van der Waals surface area (Å²) < 4.78 is 52.6. The van der Waals surface area contributed by atoms with E-state index in [1.54, 1.807) is 18.3 Å². The molecular formula is C19H23F4N3OS. The maximum Gasteiger partial charge on any atom is 0.390 e. The van der Waals surface area contributed by atoms with Crippen LogP contribution in [0, 0.1) is 5.82 Å². The first-order valence-electron chi connectivity index (χ1n) is 9.00. The van der Waals surface area contributed by atoms with Gasteiger partial charge in [-0.2, -0.15) is 25.8 Å². The second-order valence-electron chi connectivity index (χ2n) is 6.54. The molecule has 4 nitrogen and oxygen atoms in total. The lowest BCUT2D eigenvalue weighted by Crippen LogP contribution is -2.34. The number of aromatic nitrogens is 2. The molecule has 0 fully saturated rings. The van der Waals surface area contributed by atoms with E-state index in [9.17, 15) is 22.4 Å². The molecule has 28 heavy (non-hydrogen) atoms. The van der Waals surface area contributed by atoms with E-state index in [1.807, 2.05) is 4.57 Å². The highest BCUT2D eigenvalue weighted by molar-refractivity contribution is 7.81. The fraction of sp³-hybridized carbons (Fsp3) is 0.474. The van der Waals surface area contributed by atoms with Crippen LogP contribution in [0.5, 0.6) is 0 Å². The number of nitrogens with zero attached hydrogens (tertiary/aromatic N) is 2. The van der Waals surface area contributed by atoms with Crippen LogP contribution in [0.1, 0.15) is 43.3 Å². The maximum atomic E-state index is 13.5. The predicted molar refractivity (Wildman–Crippen MR) is 102 cm³/mol. The number of carbonyl (C=O) groups is 1. The highest BCUT2D eigenvalue weighted by Crippen LogP contribution is 2.24. The monoisotopic (exact) mass is 417 g/mol. The Balaban J connectivity index is 2.12. The van der Waals surface area contributed by atoms with E-state index >= 15 is 0 Å². The van der Waals surface area contributed by atoms with Gasteiger partial charge in [0.25, 0.3) is 0 Å². The molecule has 154 valence electrons. The van der Waals surface area contributed by atoms with Crippen LogP contribution in [0.15, 0.2) is 30.5 Å². The fourth-order valence-electron chi connectivity index (χ4n) is 2.75. The van der Waals surface area contributed by atoms with E-state index in [0.29, 0.717) is 18.7 Å². The minimum atomic E-state index is -4.46. The Kier molecular flexibility index (Phi) is 7.91. The molecule has 1 aromatic heterocycles. The Morgan fingerprint density at radius 1 is 1.36 bits per heavy atom. The van der Waals surface area contributed by atoms with Crippen LogP contribution in [0.2, 0.25) is 0 Å². The van der Waals surface area contributed by atoms with Gasteiger partial charge in [0.2, 0.25) is 5.91 Å². The van der Waals surface area contributed by atoms with E-state index in [0.717, 1.165) is 24.2 Å². The van der Waals surface area contributed by atoms with Crippen molar-refractivity contribution < 1.29 is 22.4 Å². The van der Waals surface area contributed by atoms with Crippen LogP contribution in [0.4, 0.5) is 17.6 Å². The molecule has 9 heteroatoms. The predicted octanol–water partition coefficient (Wildman–Crippen LogP) is 4.28. The van der Waals surface area contributed by atoms with Crippen LogP contribution < -0.4 is 5.32 Å². The van der Waals surface area contributed by atoms with Gasteiger partial charge in [-0.1, -0.05) is 25.5 Å². The molecule has 1 atom stereocenters. The van der Waals surface area contributed by atoms with Gasteiger partial charge in [0.05, 0.1) is 30.1 Å². The number of thiol groups is 1. The molecule has 1 aromatic carbocycles. The van der Waals surface area contributed by atoms with E-state index in [2.05, 4.69) is 29.9 Å². The Bertz CT molecular complexity index is 792. The van der Waals surface area contributed by atoms with Gasteiger partial charge in [0.1, 0.15) is 11.6 Å². The van der Waals surface area contributed by atoms with Gasteiger partial charge in [-0.05, 0) is 24.1 Å². The largest absolute Gasteiger partial charge is 0.390 e. The summed E-state index contributed by atoms with van der Waals surface area (Å²) in [7, 11) is 0. The lowest BCUT2D eigenvalue weighted by molar-refractivity contribution is -0.142. The van der Waals surface area contributed by atoms with Crippen LogP contribution in [0.3, 0.4) is 0 Å². The number of rotatable bonds is 9. The van der Waals surface area contributed by atoms with Crippen molar-refractivity contribution in [2.45, 2.75) is 57.1 Å². The Morgan fingerprint density at radius 3 is 2.75 bits per heavy atom. The van der Waals surface area contributed by atoms with E-state index in [4.69, 9.17) is 0 Å². The highest BCUT2D eigenvalue weighted by atomic mass is 32.1. The third kappa shape index (κ3) is 6.85. The molecule has 2 aromatic rings. The van der Waals surface area contributed by atoms with Gasteiger partial charge in [-0.3, -0.25) is 4.79 Å². The van der Waals surface area contributed by atoms with Crippen molar-refractivity contribution in [2.24, 2.45) is 0 Å². The first-order chi connectivity index (χ1) is 13.2. The van der Waals surface area contributed by atoms with Crippen molar-refractivity contribution in [1.82, 2.24) is 14.9 Å². The zero-order valence-electron chi connectivity index (χ0n) is 15.5. The summed E-state index contributed by atoms with van der Waals surface area (Å²) in [4.78, 5) is 16.3. The second kappa shape index (κ2) is 9.95. The number of hydrogen-bond acceptors (Lipinski definition) is 3. The smallest absolute Gasteiger partial charge is 0.350 e. The maximum absolute atomic E-state index is 13.5. The number of benzene rings is 1. The number of unbranched alkanes of at least 4 members (excludes halogenated alkanes) is 1. The van der Waals surface area contributed by atoms with Crippen LogP contribution in [-0.2, 0) is 24.3 Å². The number of nitrogens with one attached hydrogen (secondary N) is 1. The topological polar surface area (TPSA) is 46.9 Å². The van der Waals surface area contributed by atoms with Crippen molar-refractivity contribution in [3.63, 3.8) is 0 Å². The first-order valence-corrected chi connectivity index (χ1v) is 9.51. The number of hydrogen-bond donors (Lipinski definition) is 2. The molecule has 0 saturated heterocycles. The van der Waals surface area contributed by atoms with Crippen molar-refractivity contribution >= 4 is 18.5 Å². The molecule has 0 saturated carbocycles. The van der Waals surface area contributed by atoms with Crippen molar-refractivity contribution in [3.05, 3.63) is 53.4 Å².